The molecule has 0 radical (unpaired) electrons. The van der Waals surface area contributed by atoms with Gasteiger partial charge in [0.1, 0.15) is 5.75 Å². The van der Waals surface area contributed by atoms with E-state index >= 15 is 0 Å². The van der Waals surface area contributed by atoms with Gasteiger partial charge in [-0.2, -0.15) is 5.26 Å². The molecule has 0 saturated heterocycles. The first-order valence-electron chi connectivity index (χ1n) is 6.14. The molecule has 1 aliphatic rings. The van der Waals surface area contributed by atoms with E-state index in [4.69, 9.17) is 10.00 Å². The highest BCUT2D eigenvalue weighted by Gasteiger charge is 2.12. The van der Waals surface area contributed by atoms with Gasteiger partial charge in [0.05, 0.1) is 18.2 Å². The molecule has 0 fully saturated rings. The maximum absolute atomic E-state index is 9.14. The van der Waals surface area contributed by atoms with Crippen molar-refractivity contribution >= 4 is 0 Å². The van der Waals surface area contributed by atoms with E-state index < -0.39 is 0 Å². The van der Waals surface area contributed by atoms with Gasteiger partial charge in [-0.1, -0.05) is 24.3 Å². The van der Waals surface area contributed by atoms with Crippen LogP contribution in [0.15, 0.2) is 42.5 Å². The highest BCUT2D eigenvalue weighted by Crippen LogP contribution is 2.31. The van der Waals surface area contributed by atoms with Crippen molar-refractivity contribution in [2.45, 2.75) is 12.8 Å². The molecule has 2 aromatic carbocycles. The molecule has 2 heteroatoms. The Hall–Kier alpha value is -2.27. The number of hydrogen-bond acceptors (Lipinski definition) is 2. The zero-order valence-corrected chi connectivity index (χ0v) is 10.0. The fourth-order valence-corrected chi connectivity index (χ4v) is 2.36. The molecule has 88 valence electrons. The standard InChI is InChI=1S/C16H13NO/c17-11-14-4-1-2-6-15(14)12-7-8-16-13(10-12)5-3-9-18-16/h1-2,4,6-8,10H,3,5,9H2. The zero-order chi connectivity index (χ0) is 12.4. The molecule has 0 saturated carbocycles. The quantitative estimate of drug-likeness (QED) is 0.757. The Morgan fingerprint density at radius 3 is 2.89 bits per heavy atom. The van der Waals surface area contributed by atoms with Gasteiger partial charge in [0, 0.05) is 0 Å². The van der Waals surface area contributed by atoms with E-state index in [1.807, 2.05) is 36.4 Å². The van der Waals surface area contributed by atoms with Crippen molar-refractivity contribution < 1.29 is 4.74 Å². The summed E-state index contributed by atoms with van der Waals surface area (Å²) in [6.45, 7) is 0.807. The molecule has 0 atom stereocenters. The van der Waals surface area contributed by atoms with Crippen LogP contribution >= 0.6 is 0 Å². The van der Waals surface area contributed by atoms with E-state index in [0.717, 1.165) is 36.3 Å². The second-order valence-electron chi connectivity index (χ2n) is 4.43. The van der Waals surface area contributed by atoms with E-state index in [9.17, 15) is 0 Å². The summed E-state index contributed by atoms with van der Waals surface area (Å²) >= 11 is 0. The molecule has 3 rings (SSSR count). The number of aryl methyl sites for hydroxylation is 1. The van der Waals surface area contributed by atoms with Crippen molar-refractivity contribution in [2.75, 3.05) is 6.61 Å². The van der Waals surface area contributed by atoms with Crippen LogP contribution in [0.5, 0.6) is 5.75 Å². The maximum Gasteiger partial charge on any atom is 0.122 e. The number of nitrogens with zero attached hydrogens (tertiary/aromatic N) is 1. The average molecular weight is 235 g/mol. The van der Waals surface area contributed by atoms with Crippen molar-refractivity contribution in [3.8, 4) is 22.9 Å². The van der Waals surface area contributed by atoms with Gasteiger partial charge in [0.25, 0.3) is 0 Å². The molecule has 0 aliphatic carbocycles. The molecule has 0 N–H and O–H groups in total. The van der Waals surface area contributed by atoms with Crippen molar-refractivity contribution in [2.24, 2.45) is 0 Å². The van der Waals surface area contributed by atoms with Gasteiger partial charge in [0.15, 0.2) is 0 Å². The Bertz CT molecular complexity index is 625. The lowest BCUT2D eigenvalue weighted by Gasteiger charge is -2.18. The van der Waals surface area contributed by atoms with Gasteiger partial charge in [0.2, 0.25) is 0 Å². The summed E-state index contributed by atoms with van der Waals surface area (Å²) in [4.78, 5) is 0. The minimum Gasteiger partial charge on any atom is -0.493 e. The van der Waals surface area contributed by atoms with Gasteiger partial charge in [-0.15, -0.1) is 0 Å². The molecule has 2 nitrogen and oxygen atoms in total. The smallest absolute Gasteiger partial charge is 0.122 e. The van der Waals surface area contributed by atoms with E-state index in [2.05, 4.69) is 12.1 Å². The average Bonchev–Trinajstić information content (AvgIpc) is 2.46. The minimum atomic E-state index is 0.717. The van der Waals surface area contributed by atoms with Crippen LogP contribution in [-0.4, -0.2) is 6.61 Å². The Morgan fingerprint density at radius 1 is 1.11 bits per heavy atom. The Kier molecular flexibility index (Phi) is 2.74. The lowest BCUT2D eigenvalue weighted by Crippen LogP contribution is -2.08. The largest absolute Gasteiger partial charge is 0.493 e. The molecule has 18 heavy (non-hydrogen) atoms. The van der Waals surface area contributed by atoms with Crippen LogP contribution in [-0.2, 0) is 6.42 Å². The van der Waals surface area contributed by atoms with Crippen LogP contribution in [0.1, 0.15) is 17.5 Å². The molecular weight excluding hydrogens is 222 g/mol. The molecule has 2 aromatic rings. The van der Waals surface area contributed by atoms with Gasteiger partial charge < -0.3 is 4.74 Å². The van der Waals surface area contributed by atoms with Crippen molar-refractivity contribution in [1.82, 2.24) is 0 Å². The predicted octanol–water partition coefficient (Wildman–Crippen LogP) is 3.55. The lowest BCUT2D eigenvalue weighted by molar-refractivity contribution is 0.288. The molecule has 0 amide bonds. The highest BCUT2D eigenvalue weighted by atomic mass is 16.5. The summed E-state index contributed by atoms with van der Waals surface area (Å²) < 4.78 is 5.61. The summed E-state index contributed by atoms with van der Waals surface area (Å²) in [5.41, 5.74) is 4.05. The van der Waals surface area contributed by atoms with Crippen molar-refractivity contribution in [1.29, 1.82) is 5.26 Å². The van der Waals surface area contributed by atoms with Crippen LogP contribution in [0.3, 0.4) is 0 Å². The topological polar surface area (TPSA) is 33.0 Å². The van der Waals surface area contributed by atoms with E-state index in [-0.39, 0.29) is 0 Å². The molecule has 0 aromatic heterocycles. The lowest BCUT2D eigenvalue weighted by atomic mass is 9.96. The van der Waals surface area contributed by atoms with E-state index in [1.165, 1.54) is 5.56 Å². The Labute approximate surface area is 106 Å². The first-order valence-corrected chi connectivity index (χ1v) is 6.14. The molecule has 1 heterocycles. The SMILES string of the molecule is N#Cc1ccccc1-c1ccc2c(c1)CCCO2. The van der Waals surface area contributed by atoms with Gasteiger partial charge >= 0.3 is 0 Å². The van der Waals surface area contributed by atoms with Crippen molar-refractivity contribution in [3.63, 3.8) is 0 Å². The predicted molar refractivity (Wildman–Crippen MR) is 70.4 cm³/mol. The number of nitriles is 1. The Morgan fingerprint density at radius 2 is 2.00 bits per heavy atom. The molecule has 1 aliphatic heterocycles. The first-order chi connectivity index (χ1) is 8.88. The van der Waals surface area contributed by atoms with Crippen LogP contribution in [0.2, 0.25) is 0 Å². The fraction of sp³-hybridized carbons (Fsp3) is 0.188. The summed E-state index contributed by atoms with van der Waals surface area (Å²) in [7, 11) is 0. The van der Waals surface area contributed by atoms with Gasteiger partial charge in [-0.05, 0) is 47.7 Å². The summed E-state index contributed by atoms with van der Waals surface area (Å²) in [5.74, 6) is 0.986. The van der Waals surface area contributed by atoms with Crippen LogP contribution in [0.4, 0.5) is 0 Å². The monoisotopic (exact) mass is 235 g/mol. The Balaban J connectivity index is 2.10. The maximum atomic E-state index is 9.14. The van der Waals surface area contributed by atoms with Gasteiger partial charge in [-0.3, -0.25) is 0 Å². The number of hydrogen-bond donors (Lipinski definition) is 0. The first kappa shape index (κ1) is 10.9. The van der Waals surface area contributed by atoms with E-state index in [0.29, 0.717) is 5.56 Å². The number of ether oxygens (including phenoxy) is 1. The van der Waals surface area contributed by atoms with E-state index in [1.54, 1.807) is 0 Å². The zero-order valence-electron chi connectivity index (χ0n) is 10.0. The number of benzene rings is 2. The fourth-order valence-electron chi connectivity index (χ4n) is 2.36. The molecular formula is C16H13NO. The summed E-state index contributed by atoms with van der Waals surface area (Å²) in [6, 6.07) is 16.1. The van der Waals surface area contributed by atoms with Crippen LogP contribution in [0.25, 0.3) is 11.1 Å². The second kappa shape index (κ2) is 4.54. The van der Waals surface area contributed by atoms with Crippen molar-refractivity contribution in [3.05, 3.63) is 53.6 Å². The minimum absolute atomic E-state index is 0.717. The summed E-state index contributed by atoms with van der Waals surface area (Å²) in [6.07, 6.45) is 2.12. The number of rotatable bonds is 1. The highest BCUT2D eigenvalue weighted by molar-refractivity contribution is 5.71. The van der Waals surface area contributed by atoms with Gasteiger partial charge in [-0.25, -0.2) is 0 Å². The molecule has 0 spiro atoms. The third-order valence-corrected chi connectivity index (χ3v) is 3.27. The molecule has 0 unspecified atom stereocenters. The molecule has 0 bridgehead atoms. The normalized spacial score (nSPS) is 13.3. The third kappa shape index (κ3) is 1.84. The van der Waals surface area contributed by atoms with Crippen LogP contribution in [0, 0.1) is 11.3 Å². The second-order valence-corrected chi connectivity index (χ2v) is 4.43. The summed E-state index contributed by atoms with van der Waals surface area (Å²) in [5, 5.41) is 9.14. The number of fused-ring (bicyclic) bond motifs is 1. The van der Waals surface area contributed by atoms with Crippen LogP contribution < -0.4 is 4.74 Å². The third-order valence-electron chi connectivity index (χ3n) is 3.27.